The SMILES string of the molecule is Cc1ccc(NC(c2ccccc2)C2CC2)c(C)c1O. The molecule has 1 aliphatic carbocycles. The van der Waals surface area contributed by atoms with Gasteiger partial charge in [0.1, 0.15) is 5.75 Å². The third kappa shape index (κ3) is 2.51. The highest BCUT2D eigenvalue weighted by Crippen LogP contribution is 2.43. The van der Waals surface area contributed by atoms with E-state index in [9.17, 15) is 5.11 Å². The van der Waals surface area contributed by atoms with Crippen molar-refractivity contribution in [1.29, 1.82) is 0 Å². The summed E-state index contributed by atoms with van der Waals surface area (Å²) in [5, 5.41) is 13.7. The molecule has 0 radical (unpaired) electrons. The van der Waals surface area contributed by atoms with E-state index in [-0.39, 0.29) is 0 Å². The van der Waals surface area contributed by atoms with Crippen LogP contribution in [0.25, 0.3) is 0 Å². The number of nitrogens with one attached hydrogen (secondary N) is 1. The molecule has 2 nitrogen and oxygen atoms in total. The number of phenols is 1. The number of phenolic OH excluding ortho intramolecular Hbond substituents is 1. The summed E-state index contributed by atoms with van der Waals surface area (Å²) in [6.07, 6.45) is 2.56. The molecule has 0 spiro atoms. The first-order chi connectivity index (χ1) is 9.66. The second kappa shape index (κ2) is 5.20. The van der Waals surface area contributed by atoms with Crippen molar-refractivity contribution < 1.29 is 5.11 Å². The summed E-state index contributed by atoms with van der Waals surface area (Å²) in [7, 11) is 0. The Morgan fingerprint density at radius 2 is 1.75 bits per heavy atom. The van der Waals surface area contributed by atoms with Gasteiger partial charge in [-0.15, -0.1) is 0 Å². The summed E-state index contributed by atoms with van der Waals surface area (Å²) >= 11 is 0. The summed E-state index contributed by atoms with van der Waals surface area (Å²) < 4.78 is 0. The molecule has 1 aliphatic rings. The maximum absolute atomic E-state index is 10.1. The van der Waals surface area contributed by atoms with Gasteiger partial charge in [-0.2, -0.15) is 0 Å². The van der Waals surface area contributed by atoms with Gasteiger partial charge >= 0.3 is 0 Å². The van der Waals surface area contributed by atoms with Crippen LogP contribution in [-0.2, 0) is 0 Å². The average Bonchev–Trinajstić information content (AvgIpc) is 3.30. The lowest BCUT2D eigenvalue weighted by Gasteiger charge is -2.22. The summed E-state index contributed by atoms with van der Waals surface area (Å²) in [5.41, 5.74) is 4.23. The van der Waals surface area contributed by atoms with Crippen molar-refractivity contribution in [2.24, 2.45) is 5.92 Å². The van der Waals surface area contributed by atoms with Gasteiger partial charge in [-0.25, -0.2) is 0 Å². The van der Waals surface area contributed by atoms with E-state index in [1.54, 1.807) is 0 Å². The van der Waals surface area contributed by atoms with Crippen molar-refractivity contribution in [3.63, 3.8) is 0 Å². The molecule has 0 saturated heterocycles. The minimum Gasteiger partial charge on any atom is -0.507 e. The van der Waals surface area contributed by atoms with Crippen LogP contribution in [0.3, 0.4) is 0 Å². The molecule has 0 bridgehead atoms. The molecule has 0 aromatic heterocycles. The fraction of sp³-hybridized carbons (Fsp3) is 0.333. The predicted molar refractivity (Wildman–Crippen MR) is 83.1 cm³/mol. The molecule has 20 heavy (non-hydrogen) atoms. The first-order valence-corrected chi connectivity index (χ1v) is 7.27. The van der Waals surface area contributed by atoms with Crippen molar-refractivity contribution in [1.82, 2.24) is 0 Å². The average molecular weight is 267 g/mol. The van der Waals surface area contributed by atoms with Crippen LogP contribution in [0.15, 0.2) is 42.5 Å². The third-order valence-electron chi connectivity index (χ3n) is 4.20. The van der Waals surface area contributed by atoms with Gasteiger partial charge in [0, 0.05) is 11.3 Å². The molecule has 2 aromatic rings. The Labute approximate surface area is 120 Å². The lowest BCUT2D eigenvalue weighted by molar-refractivity contribution is 0.467. The molecule has 1 unspecified atom stereocenters. The van der Waals surface area contributed by atoms with E-state index in [2.05, 4.69) is 41.7 Å². The standard InChI is InChI=1S/C18H21NO/c1-12-8-11-16(13(2)18(12)20)19-17(15-9-10-15)14-6-4-3-5-7-14/h3-8,11,15,17,19-20H,9-10H2,1-2H3. The highest BCUT2D eigenvalue weighted by atomic mass is 16.3. The highest BCUT2D eigenvalue weighted by Gasteiger charge is 2.32. The minimum atomic E-state index is 0.344. The summed E-state index contributed by atoms with van der Waals surface area (Å²) in [6, 6.07) is 15.0. The highest BCUT2D eigenvalue weighted by molar-refractivity contribution is 5.60. The zero-order chi connectivity index (χ0) is 14.1. The van der Waals surface area contributed by atoms with Crippen LogP contribution < -0.4 is 5.32 Å². The number of hydrogen-bond acceptors (Lipinski definition) is 2. The maximum Gasteiger partial charge on any atom is 0.123 e. The quantitative estimate of drug-likeness (QED) is 0.850. The zero-order valence-corrected chi connectivity index (χ0v) is 12.1. The monoisotopic (exact) mass is 267 g/mol. The van der Waals surface area contributed by atoms with Gasteiger partial charge in [0.25, 0.3) is 0 Å². The second-order valence-electron chi connectivity index (χ2n) is 5.77. The van der Waals surface area contributed by atoms with Crippen molar-refractivity contribution >= 4 is 5.69 Å². The van der Waals surface area contributed by atoms with Gasteiger partial charge < -0.3 is 10.4 Å². The van der Waals surface area contributed by atoms with Gasteiger partial charge in [-0.1, -0.05) is 36.4 Å². The van der Waals surface area contributed by atoms with Crippen LogP contribution in [0.2, 0.25) is 0 Å². The first-order valence-electron chi connectivity index (χ1n) is 7.27. The van der Waals surface area contributed by atoms with Crippen molar-refractivity contribution in [2.45, 2.75) is 32.7 Å². The lowest BCUT2D eigenvalue weighted by atomic mass is 10.0. The molecule has 1 fully saturated rings. The number of aromatic hydroxyl groups is 1. The number of hydrogen-bond donors (Lipinski definition) is 2. The normalized spacial score (nSPS) is 15.9. The molecule has 3 rings (SSSR count). The van der Waals surface area contributed by atoms with Gasteiger partial charge in [0.05, 0.1) is 6.04 Å². The molecular formula is C18H21NO. The van der Waals surface area contributed by atoms with Crippen LogP contribution in [-0.4, -0.2) is 5.11 Å². The molecule has 2 aromatic carbocycles. The maximum atomic E-state index is 10.1. The van der Waals surface area contributed by atoms with Gasteiger partial charge in [0.2, 0.25) is 0 Å². The Hall–Kier alpha value is -1.96. The van der Waals surface area contributed by atoms with Crippen LogP contribution >= 0.6 is 0 Å². The topological polar surface area (TPSA) is 32.3 Å². The van der Waals surface area contributed by atoms with E-state index in [4.69, 9.17) is 0 Å². The Kier molecular flexibility index (Phi) is 3.39. The molecule has 0 heterocycles. The van der Waals surface area contributed by atoms with Crippen LogP contribution in [0.1, 0.15) is 35.6 Å². The van der Waals surface area contributed by atoms with E-state index in [1.165, 1.54) is 18.4 Å². The number of aryl methyl sites for hydroxylation is 1. The zero-order valence-electron chi connectivity index (χ0n) is 12.1. The molecule has 0 amide bonds. The van der Waals surface area contributed by atoms with Crippen LogP contribution in [0, 0.1) is 19.8 Å². The van der Waals surface area contributed by atoms with E-state index >= 15 is 0 Å². The molecule has 2 heteroatoms. The summed E-state index contributed by atoms with van der Waals surface area (Å²) in [6.45, 7) is 3.90. The van der Waals surface area contributed by atoms with Crippen LogP contribution in [0.4, 0.5) is 5.69 Å². The third-order valence-corrected chi connectivity index (χ3v) is 4.20. The number of anilines is 1. The Morgan fingerprint density at radius 3 is 2.40 bits per heavy atom. The summed E-state index contributed by atoms with van der Waals surface area (Å²) in [4.78, 5) is 0. The van der Waals surface area contributed by atoms with E-state index in [0.29, 0.717) is 17.7 Å². The predicted octanol–water partition coefficient (Wildman–Crippen LogP) is 4.57. The fourth-order valence-electron chi connectivity index (χ4n) is 2.72. The van der Waals surface area contributed by atoms with E-state index in [1.807, 2.05) is 19.9 Å². The molecule has 1 atom stereocenters. The summed E-state index contributed by atoms with van der Waals surface area (Å²) in [5.74, 6) is 1.11. The largest absolute Gasteiger partial charge is 0.507 e. The lowest BCUT2D eigenvalue weighted by Crippen LogP contribution is -2.13. The van der Waals surface area contributed by atoms with Crippen molar-refractivity contribution in [2.75, 3.05) is 5.32 Å². The van der Waals surface area contributed by atoms with Crippen LogP contribution in [0.5, 0.6) is 5.75 Å². The second-order valence-corrected chi connectivity index (χ2v) is 5.77. The Balaban J connectivity index is 1.90. The molecule has 0 aliphatic heterocycles. The number of benzene rings is 2. The number of rotatable bonds is 4. The first kappa shape index (κ1) is 13.0. The Bertz CT molecular complexity index is 602. The minimum absolute atomic E-state index is 0.344. The van der Waals surface area contributed by atoms with Crippen molar-refractivity contribution in [3.8, 4) is 5.75 Å². The Morgan fingerprint density at radius 1 is 1.05 bits per heavy atom. The van der Waals surface area contributed by atoms with Gasteiger partial charge in [-0.05, 0) is 49.8 Å². The van der Waals surface area contributed by atoms with Gasteiger partial charge in [-0.3, -0.25) is 0 Å². The van der Waals surface area contributed by atoms with Crippen molar-refractivity contribution in [3.05, 3.63) is 59.2 Å². The molecule has 1 saturated carbocycles. The molecule has 2 N–H and O–H groups in total. The van der Waals surface area contributed by atoms with E-state index < -0.39 is 0 Å². The van der Waals surface area contributed by atoms with Gasteiger partial charge in [0.15, 0.2) is 0 Å². The molecular weight excluding hydrogens is 246 g/mol. The smallest absolute Gasteiger partial charge is 0.123 e. The molecule has 104 valence electrons. The fourth-order valence-corrected chi connectivity index (χ4v) is 2.72. The van der Waals surface area contributed by atoms with E-state index in [0.717, 1.165) is 16.8 Å².